The Kier molecular flexibility index (Phi) is 9.20. The fraction of sp³-hybridized carbons (Fsp3) is 0.333. The zero-order valence-corrected chi connectivity index (χ0v) is 17.5. The zero-order valence-electron chi connectivity index (χ0n) is 16.0. The summed E-state index contributed by atoms with van der Waals surface area (Å²) >= 11 is 12.0. The van der Waals surface area contributed by atoms with Crippen molar-refractivity contribution in [2.45, 2.75) is 39.7 Å². The first kappa shape index (κ1) is 23.7. The summed E-state index contributed by atoms with van der Waals surface area (Å²) in [5.41, 5.74) is 1.67. The van der Waals surface area contributed by atoms with Gasteiger partial charge >= 0.3 is 6.15 Å². The molecule has 2 aromatic carbocycles. The third kappa shape index (κ3) is 7.73. The van der Waals surface area contributed by atoms with Crippen LogP contribution >= 0.6 is 23.2 Å². The number of rotatable bonds is 5. The van der Waals surface area contributed by atoms with E-state index in [1.54, 1.807) is 0 Å². The van der Waals surface area contributed by atoms with Crippen LogP contribution in [0.1, 0.15) is 31.9 Å². The summed E-state index contributed by atoms with van der Waals surface area (Å²) in [6.07, 6.45) is 1.11. The van der Waals surface area contributed by atoms with E-state index >= 15 is 0 Å². The van der Waals surface area contributed by atoms with E-state index in [4.69, 9.17) is 32.8 Å². The number of hydrogen-bond donors (Lipinski definition) is 2. The Morgan fingerprint density at radius 1 is 1.11 bits per heavy atom. The first-order chi connectivity index (χ1) is 13.1. The smallest absolute Gasteiger partial charge is 0.373 e. The zero-order chi connectivity index (χ0) is 21.3. The van der Waals surface area contributed by atoms with Gasteiger partial charge in [-0.1, -0.05) is 74.3 Å². The quantitative estimate of drug-likeness (QED) is 0.744. The first-order valence-electron chi connectivity index (χ1n) is 8.58. The highest BCUT2D eigenvalue weighted by molar-refractivity contribution is 6.34. The summed E-state index contributed by atoms with van der Waals surface area (Å²) in [7, 11) is 0. The molecule has 0 aliphatic carbocycles. The number of amides is 1. The summed E-state index contributed by atoms with van der Waals surface area (Å²) in [6.45, 7) is 6.31. The van der Waals surface area contributed by atoms with Gasteiger partial charge < -0.3 is 10.4 Å². The monoisotopic (exact) mass is 423 g/mol. The number of phenolic OH excluding ortho intramolecular Hbond substituents is 1. The lowest BCUT2D eigenvalue weighted by Gasteiger charge is -2.32. The Hall–Kier alpha value is -2.33. The van der Waals surface area contributed by atoms with E-state index < -0.39 is 0 Å². The minimum atomic E-state index is -0.125. The third-order valence-corrected chi connectivity index (χ3v) is 4.78. The SMILES string of the molecule is CC(C)(C)[C@H](Cc1ccccc1)NC(=O)Cc1cc(Cl)c(O)cc1Cl.O=C=O. The molecule has 0 saturated carbocycles. The van der Waals surface area contributed by atoms with Crippen LogP contribution in [-0.2, 0) is 27.2 Å². The number of halogens is 2. The molecule has 0 spiro atoms. The van der Waals surface area contributed by atoms with E-state index in [1.807, 2.05) is 18.2 Å². The lowest BCUT2D eigenvalue weighted by Crippen LogP contribution is -2.45. The Balaban J connectivity index is 0.00000122. The van der Waals surface area contributed by atoms with Gasteiger partial charge in [0.25, 0.3) is 0 Å². The molecule has 0 aromatic heterocycles. The van der Waals surface area contributed by atoms with Crippen LogP contribution in [0, 0.1) is 5.41 Å². The van der Waals surface area contributed by atoms with Gasteiger partial charge in [0.2, 0.25) is 5.91 Å². The molecule has 7 heteroatoms. The first-order valence-corrected chi connectivity index (χ1v) is 9.33. The van der Waals surface area contributed by atoms with E-state index in [2.05, 4.69) is 38.2 Å². The van der Waals surface area contributed by atoms with Gasteiger partial charge in [-0.15, -0.1) is 0 Å². The molecule has 1 atom stereocenters. The summed E-state index contributed by atoms with van der Waals surface area (Å²) in [5.74, 6) is -0.216. The molecule has 0 heterocycles. The van der Waals surface area contributed by atoms with E-state index in [0.717, 1.165) is 6.42 Å². The second-order valence-corrected chi connectivity index (χ2v) is 8.15. The molecular formula is C21H23Cl2NO4. The Morgan fingerprint density at radius 2 is 1.68 bits per heavy atom. The number of nitrogens with one attached hydrogen (secondary N) is 1. The average molecular weight is 424 g/mol. The predicted octanol–water partition coefficient (Wildman–Crippen LogP) is 4.43. The van der Waals surface area contributed by atoms with Gasteiger partial charge in [0, 0.05) is 17.1 Å². The van der Waals surface area contributed by atoms with Crippen LogP contribution in [0.3, 0.4) is 0 Å². The van der Waals surface area contributed by atoms with Crippen molar-refractivity contribution in [3.05, 3.63) is 63.6 Å². The highest BCUT2D eigenvalue weighted by atomic mass is 35.5. The number of carbonyl (C=O) groups excluding carboxylic acids is 3. The van der Waals surface area contributed by atoms with E-state index in [9.17, 15) is 9.90 Å². The molecule has 1 amide bonds. The van der Waals surface area contributed by atoms with Crippen molar-refractivity contribution in [3.63, 3.8) is 0 Å². The van der Waals surface area contributed by atoms with Gasteiger partial charge in [0.15, 0.2) is 0 Å². The van der Waals surface area contributed by atoms with Gasteiger partial charge in [-0.25, -0.2) is 0 Å². The van der Waals surface area contributed by atoms with Crippen molar-refractivity contribution in [1.29, 1.82) is 0 Å². The number of aromatic hydroxyl groups is 1. The average Bonchev–Trinajstić information content (AvgIpc) is 2.60. The molecule has 0 unspecified atom stereocenters. The van der Waals surface area contributed by atoms with Crippen LogP contribution in [0.25, 0.3) is 0 Å². The van der Waals surface area contributed by atoms with Crippen LogP contribution in [-0.4, -0.2) is 23.2 Å². The Bertz CT molecular complexity index is 826. The standard InChI is InChI=1S/C20H23Cl2NO2.CO2/c1-20(2,3)18(9-13-7-5-4-6-8-13)23-19(25)11-14-10-16(22)17(24)12-15(14)21;2-1-3/h4-8,10,12,18,24H,9,11H2,1-3H3,(H,23,25);/t18-;/m0./s1. The summed E-state index contributed by atoms with van der Waals surface area (Å²) in [6, 6.07) is 13.0. The molecule has 0 bridgehead atoms. The van der Waals surface area contributed by atoms with Crippen molar-refractivity contribution in [2.75, 3.05) is 0 Å². The van der Waals surface area contributed by atoms with Crippen LogP contribution in [0.15, 0.2) is 42.5 Å². The molecule has 28 heavy (non-hydrogen) atoms. The summed E-state index contributed by atoms with van der Waals surface area (Å²) in [5, 5.41) is 13.2. The molecule has 5 nitrogen and oxygen atoms in total. The second kappa shape index (κ2) is 10.9. The molecule has 0 radical (unpaired) electrons. The van der Waals surface area contributed by atoms with Gasteiger partial charge in [0.05, 0.1) is 11.4 Å². The minimum Gasteiger partial charge on any atom is -0.506 e. The highest BCUT2D eigenvalue weighted by Gasteiger charge is 2.26. The molecule has 2 rings (SSSR count). The van der Waals surface area contributed by atoms with E-state index in [0.29, 0.717) is 10.6 Å². The van der Waals surface area contributed by atoms with Crippen molar-refractivity contribution in [2.24, 2.45) is 5.41 Å². The van der Waals surface area contributed by atoms with E-state index in [1.165, 1.54) is 17.7 Å². The maximum atomic E-state index is 12.5. The van der Waals surface area contributed by atoms with Gasteiger partial charge in [-0.2, -0.15) is 9.59 Å². The molecule has 0 saturated heterocycles. The van der Waals surface area contributed by atoms with Crippen LogP contribution in [0.5, 0.6) is 5.75 Å². The lowest BCUT2D eigenvalue weighted by atomic mass is 9.83. The number of benzene rings is 2. The maximum Gasteiger partial charge on any atom is 0.373 e. The molecule has 0 aliphatic heterocycles. The minimum absolute atomic E-state index is 0.0197. The molecular weight excluding hydrogens is 401 g/mol. The fourth-order valence-electron chi connectivity index (χ4n) is 2.55. The number of hydrogen-bond acceptors (Lipinski definition) is 4. The topological polar surface area (TPSA) is 83.5 Å². The fourth-order valence-corrected chi connectivity index (χ4v) is 2.97. The molecule has 2 N–H and O–H groups in total. The van der Waals surface area contributed by atoms with Crippen molar-refractivity contribution < 1.29 is 19.5 Å². The van der Waals surface area contributed by atoms with Crippen LogP contribution in [0.4, 0.5) is 0 Å². The van der Waals surface area contributed by atoms with Crippen molar-refractivity contribution in [1.82, 2.24) is 5.32 Å². The summed E-state index contributed by atoms with van der Waals surface area (Å²) < 4.78 is 0. The lowest BCUT2D eigenvalue weighted by molar-refractivity contribution is -0.191. The van der Waals surface area contributed by atoms with Gasteiger partial charge in [0.1, 0.15) is 5.75 Å². The third-order valence-electron chi connectivity index (χ3n) is 4.13. The normalized spacial score (nSPS) is 11.6. The predicted molar refractivity (Wildman–Crippen MR) is 108 cm³/mol. The largest absolute Gasteiger partial charge is 0.506 e. The Morgan fingerprint density at radius 3 is 2.21 bits per heavy atom. The molecule has 150 valence electrons. The maximum absolute atomic E-state index is 12.5. The van der Waals surface area contributed by atoms with Crippen molar-refractivity contribution >= 4 is 35.3 Å². The number of phenols is 1. The number of carbonyl (C=O) groups is 1. The van der Waals surface area contributed by atoms with E-state index in [-0.39, 0.29) is 40.7 Å². The van der Waals surface area contributed by atoms with Crippen LogP contribution in [0.2, 0.25) is 10.0 Å². The molecule has 2 aromatic rings. The van der Waals surface area contributed by atoms with Crippen LogP contribution < -0.4 is 5.32 Å². The summed E-state index contributed by atoms with van der Waals surface area (Å²) in [4.78, 5) is 28.8. The molecule has 0 fully saturated rings. The van der Waals surface area contributed by atoms with Crippen molar-refractivity contribution in [3.8, 4) is 5.75 Å². The van der Waals surface area contributed by atoms with Gasteiger partial charge in [-0.3, -0.25) is 4.79 Å². The van der Waals surface area contributed by atoms with Gasteiger partial charge in [-0.05, 0) is 29.0 Å². The molecule has 0 aliphatic rings. The Labute approximate surface area is 174 Å². The highest BCUT2D eigenvalue weighted by Crippen LogP contribution is 2.30. The second-order valence-electron chi connectivity index (χ2n) is 7.33.